The van der Waals surface area contributed by atoms with Crippen molar-refractivity contribution in [3.63, 3.8) is 0 Å². The van der Waals surface area contributed by atoms with E-state index in [1.54, 1.807) is 46.9 Å². The quantitative estimate of drug-likeness (QED) is 0.630. The van der Waals surface area contributed by atoms with Crippen molar-refractivity contribution in [1.29, 1.82) is 0 Å². The molecule has 1 saturated heterocycles. The number of hydrogen-bond donors (Lipinski definition) is 0. The number of piperazine rings is 1. The number of anilines is 1. The highest BCUT2D eigenvalue weighted by atomic mass is 35.5. The Morgan fingerprint density at radius 1 is 1.11 bits per heavy atom. The standard InChI is InChI=1S/C18H17ClN4O2S2/c19-13-3-5-14(6-4-13)25-12-16(24)22-7-9-23(10-8-22)18-21-20-17(27-18)15-2-1-11-26-15/h1-6,11H,7-10,12H2. The Morgan fingerprint density at radius 3 is 2.59 bits per heavy atom. The Balaban J connectivity index is 1.28. The fraction of sp³-hybridized carbons (Fsp3) is 0.278. The van der Waals surface area contributed by atoms with Crippen molar-refractivity contribution < 1.29 is 9.53 Å². The molecular formula is C18H17ClN4O2S2. The number of aromatic nitrogens is 2. The largest absolute Gasteiger partial charge is 0.484 e. The second-order valence-electron chi connectivity index (χ2n) is 5.98. The monoisotopic (exact) mass is 420 g/mol. The molecule has 0 saturated carbocycles. The van der Waals surface area contributed by atoms with E-state index in [0.717, 1.165) is 28.1 Å². The van der Waals surface area contributed by atoms with Gasteiger partial charge in [-0.2, -0.15) is 0 Å². The van der Waals surface area contributed by atoms with E-state index in [-0.39, 0.29) is 12.5 Å². The zero-order chi connectivity index (χ0) is 18.6. The molecule has 0 spiro atoms. The van der Waals surface area contributed by atoms with Crippen molar-refractivity contribution in [2.45, 2.75) is 0 Å². The van der Waals surface area contributed by atoms with E-state index in [1.807, 2.05) is 22.4 Å². The van der Waals surface area contributed by atoms with Crippen LogP contribution < -0.4 is 9.64 Å². The second kappa shape index (κ2) is 8.24. The highest BCUT2D eigenvalue weighted by Crippen LogP contribution is 2.31. The first-order valence-corrected chi connectivity index (χ1v) is 10.5. The van der Waals surface area contributed by atoms with E-state index >= 15 is 0 Å². The molecule has 3 heterocycles. The topological polar surface area (TPSA) is 58.6 Å². The Labute approximate surface area is 170 Å². The molecule has 0 aliphatic carbocycles. The number of rotatable bonds is 5. The molecule has 1 amide bonds. The maximum absolute atomic E-state index is 12.4. The zero-order valence-electron chi connectivity index (χ0n) is 14.4. The summed E-state index contributed by atoms with van der Waals surface area (Å²) in [5.41, 5.74) is 0. The highest BCUT2D eigenvalue weighted by Gasteiger charge is 2.23. The third-order valence-electron chi connectivity index (χ3n) is 4.23. The van der Waals surface area contributed by atoms with Crippen LogP contribution in [-0.2, 0) is 4.79 Å². The van der Waals surface area contributed by atoms with E-state index in [0.29, 0.717) is 23.9 Å². The minimum Gasteiger partial charge on any atom is -0.484 e. The van der Waals surface area contributed by atoms with Crippen LogP contribution in [0.5, 0.6) is 5.75 Å². The summed E-state index contributed by atoms with van der Waals surface area (Å²) in [4.78, 5) is 17.5. The molecule has 1 fully saturated rings. The van der Waals surface area contributed by atoms with Gasteiger partial charge in [-0.25, -0.2) is 0 Å². The first-order chi connectivity index (χ1) is 13.2. The lowest BCUT2D eigenvalue weighted by Gasteiger charge is -2.34. The number of hydrogen-bond acceptors (Lipinski definition) is 7. The molecule has 0 atom stereocenters. The van der Waals surface area contributed by atoms with Gasteiger partial charge in [-0.3, -0.25) is 4.79 Å². The Morgan fingerprint density at radius 2 is 1.89 bits per heavy atom. The summed E-state index contributed by atoms with van der Waals surface area (Å²) in [6, 6.07) is 11.1. The summed E-state index contributed by atoms with van der Waals surface area (Å²) in [7, 11) is 0. The van der Waals surface area contributed by atoms with Gasteiger partial charge >= 0.3 is 0 Å². The van der Waals surface area contributed by atoms with Crippen molar-refractivity contribution in [2.75, 3.05) is 37.7 Å². The third kappa shape index (κ3) is 4.40. The molecule has 0 radical (unpaired) electrons. The summed E-state index contributed by atoms with van der Waals surface area (Å²) in [6.45, 7) is 2.81. The molecule has 2 aromatic heterocycles. The van der Waals surface area contributed by atoms with Gasteiger partial charge in [-0.15, -0.1) is 21.5 Å². The lowest BCUT2D eigenvalue weighted by Crippen LogP contribution is -2.50. The number of thiophene rings is 1. The van der Waals surface area contributed by atoms with Crippen LogP contribution in [0.15, 0.2) is 41.8 Å². The van der Waals surface area contributed by atoms with Crippen molar-refractivity contribution in [1.82, 2.24) is 15.1 Å². The van der Waals surface area contributed by atoms with Gasteiger partial charge in [-0.05, 0) is 35.7 Å². The number of halogens is 1. The van der Waals surface area contributed by atoms with Crippen LogP contribution in [0.25, 0.3) is 9.88 Å². The van der Waals surface area contributed by atoms with Gasteiger partial charge in [0.1, 0.15) is 5.75 Å². The van der Waals surface area contributed by atoms with Crippen molar-refractivity contribution in [2.24, 2.45) is 0 Å². The van der Waals surface area contributed by atoms with Crippen molar-refractivity contribution in [3.05, 3.63) is 46.8 Å². The maximum Gasteiger partial charge on any atom is 0.260 e. The van der Waals surface area contributed by atoms with Crippen LogP contribution in [0.3, 0.4) is 0 Å². The molecule has 1 aliphatic rings. The maximum atomic E-state index is 12.4. The minimum atomic E-state index is -0.0128. The van der Waals surface area contributed by atoms with Crippen LogP contribution in [0.2, 0.25) is 5.02 Å². The van der Waals surface area contributed by atoms with Crippen molar-refractivity contribution in [3.8, 4) is 15.6 Å². The summed E-state index contributed by atoms with van der Waals surface area (Å²) in [5.74, 6) is 0.627. The second-order valence-corrected chi connectivity index (χ2v) is 8.32. The predicted molar refractivity (Wildman–Crippen MR) is 109 cm³/mol. The first kappa shape index (κ1) is 18.2. The van der Waals surface area contributed by atoms with Gasteiger partial charge in [0.2, 0.25) is 5.13 Å². The normalized spacial score (nSPS) is 14.4. The number of nitrogens with zero attached hydrogens (tertiary/aromatic N) is 4. The third-order valence-corrected chi connectivity index (χ3v) is 6.50. The molecular weight excluding hydrogens is 404 g/mol. The molecule has 0 bridgehead atoms. The molecule has 1 aromatic carbocycles. The molecule has 1 aliphatic heterocycles. The SMILES string of the molecule is O=C(COc1ccc(Cl)cc1)N1CCN(c2nnc(-c3cccs3)s2)CC1. The smallest absolute Gasteiger partial charge is 0.260 e. The Bertz CT molecular complexity index is 890. The van der Waals surface area contributed by atoms with Gasteiger partial charge < -0.3 is 14.5 Å². The average Bonchev–Trinajstić information content (AvgIpc) is 3.39. The number of ether oxygens (including phenoxy) is 1. The van der Waals surface area contributed by atoms with Crippen LogP contribution >= 0.6 is 34.3 Å². The predicted octanol–water partition coefficient (Wildman–Crippen LogP) is 3.65. The fourth-order valence-electron chi connectivity index (χ4n) is 2.76. The number of amides is 1. The van der Waals surface area contributed by atoms with E-state index in [2.05, 4.69) is 15.1 Å². The van der Waals surface area contributed by atoms with E-state index in [9.17, 15) is 4.79 Å². The van der Waals surface area contributed by atoms with E-state index in [4.69, 9.17) is 16.3 Å². The van der Waals surface area contributed by atoms with Gasteiger partial charge in [0.25, 0.3) is 5.91 Å². The van der Waals surface area contributed by atoms with Gasteiger partial charge in [-0.1, -0.05) is 29.0 Å². The molecule has 6 nitrogen and oxygen atoms in total. The van der Waals surface area contributed by atoms with Crippen LogP contribution in [-0.4, -0.2) is 53.8 Å². The molecule has 4 rings (SSSR count). The van der Waals surface area contributed by atoms with E-state index in [1.165, 1.54) is 0 Å². The Kier molecular flexibility index (Phi) is 5.56. The molecule has 3 aromatic rings. The van der Waals surface area contributed by atoms with Gasteiger partial charge in [0.05, 0.1) is 4.88 Å². The van der Waals surface area contributed by atoms with Crippen LogP contribution in [0.1, 0.15) is 0 Å². The molecule has 9 heteroatoms. The Hall–Kier alpha value is -2.16. The van der Waals surface area contributed by atoms with Crippen molar-refractivity contribution >= 4 is 45.3 Å². The fourth-order valence-corrected chi connectivity index (χ4v) is 4.57. The zero-order valence-corrected chi connectivity index (χ0v) is 16.8. The van der Waals surface area contributed by atoms with E-state index < -0.39 is 0 Å². The molecule has 27 heavy (non-hydrogen) atoms. The summed E-state index contributed by atoms with van der Waals surface area (Å²) in [5, 5.41) is 13.1. The van der Waals surface area contributed by atoms with Crippen LogP contribution in [0.4, 0.5) is 5.13 Å². The average molecular weight is 421 g/mol. The minimum absolute atomic E-state index is 0.0128. The summed E-state index contributed by atoms with van der Waals surface area (Å²) in [6.07, 6.45) is 0. The number of carbonyl (C=O) groups is 1. The van der Waals surface area contributed by atoms with Crippen LogP contribution in [0, 0.1) is 0 Å². The lowest BCUT2D eigenvalue weighted by molar-refractivity contribution is -0.133. The summed E-state index contributed by atoms with van der Waals surface area (Å²) >= 11 is 9.10. The molecule has 0 unspecified atom stereocenters. The lowest BCUT2D eigenvalue weighted by atomic mass is 10.3. The highest BCUT2D eigenvalue weighted by molar-refractivity contribution is 7.22. The summed E-state index contributed by atoms with van der Waals surface area (Å²) < 4.78 is 5.55. The molecule has 0 N–H and O–H groups in total. The number of carbonyl (C=O) groups excluding carboxylic acids is 1. The van der Waals surface area contributed by atoms with Gasteiger partial charge in [0, 0.05) is 31.2 Å². The van der Waals surface area contributed by atoms with Gasteiger partial charge in [0.15, 0.2) is 11.6 Å². The number of benzene rings is 1. The first-order valence-electron chi connectivity index (χ1n) is 8.47. The molecule has 140 valence electrons.